The Labute approximate surface area is 187 Å². The van der Waals surface area contributed by atoms with Gasteiger partial charge in [0.15, 0.2) is 0 Å². The lowest BCUT2D eigenvalue weighted by molar-refractivity contribution is -0.160. The molecule has 2 unspecified atom stereocenters. The van der Waals surface area contributed by atoms with Crippen molar-refractivity contribution in [2.45, 2.75) is 111 Å². The second-order valence-electron chi connectivity index (χ2n) is 9.84. The Hall–Kier alpha value is -2.09. The van der Waals surface area contributed by atoms with Crippen molar-refractivity contribution in [3.05, 3.63) is 12.2 Å². The number of hydrogen-bond acceptors (Lipinski definition) is 6. The Kier molecular flexibility index (Phi) is 11.3. The number of likely N-dealkylation sites (tertiary alicyclic amines) is 1. The van der Waals surface area contributed by atoms with E-state index in [-0.39, 0.29) is 17.9 Å². The lowest BCUT2D eigenvalue weighted by Gasteiger charge is -2.34. The highest BCUT2D eigenvalue weighted by Gasteiger charge is 2.49. The molecule has 1 saturated heterocycles. The van der Waals surface area contributed by atoms with E-state index < -0.39 is 35.4 Å². The Morgan fingerprint density at radius 3 is 2.00 bits per heavy atom. The van der Waals surface area contributed by atoms with Crippen molar-refractivity contribution in [3.8, 4) is 0 Å². The van der Waals surface area contributed by atoms with Crippen molar-refractivity contribution in [1.29, 1.82) is 0 Å². The molecule has 0 bridgehead atoms. The van der Waals surface area contributed by atoms with Crippen molar-refractivity contribution < 1.29 is 29.0 Å². The maximum atomic E-state index is 13.0. The topological polar surface area (TPSA) is 119 Å². The summed E-state index contributed by atoms with van der Waals surface area (Å²) in [5.74, 6) is -0.808. The zero-order valence-electron chi connectivity index (χ0n) is 20.6. The molecule has 0 radical (unpaired) electrons. The Morgan fingerprint density at radius 2 is 1.61 bits per heavy atom. The smallest absolute Gasteiger partial charge is 0.411 e. The van der Waals surface area contributed by atoms with Gasteiger partial charge in [-0.25, -0.2) is 9.59 Å². The minimum Gasteiger partial charge on any atom is -0.458 e. The summed E-state index contributed by atoms with van der Waals surface area (Å²) in [6.07, 6.45) is 4.25. The fourth-order valence-electron chi connectivity index (χ4n) is 3.31. The number of ether oxygens (including phenoxy) is 2. The first-order chi connectivity index (χ1) is 14.0. The van der Waals surface area contributed by atoms with Crippen LogP contribution in [-0.4, -0.2) is 57.4 Å². The average Bonchev–Trinajstić information content (AvgIpc) is 2.90. The minimum absolute atomic E-state index is 0.0405. The fourth-order valence-corrected chi connectivity index (χ4v) is 3.31. The summed E-state index contributed by atoms with van der Waals surface area (Å²) in [5, 5.41) is 10.2. The number of aliphatic hydroxyl groups is 1. The zero-order chi connectivity index (χ0) is 24.6. The van der Waals surface area contributed by atoms with Crippen LogP contribution in [0.15, 0.2) is 12.2 Å². The highest BCUT2D eigenvalue weighted by Crippen LogP contribution is 2.36. The van der Waals surface area contributed by atoms with Crippen LogP contribution in [0.5, 0.6) is 0 Å². The van der Waals surface area contributed by atoms with Crippen LogP contribution >= 0.6 is 0 Å². The summed E-state index contributed by atoms with van der Waals surface area (Å²) in [6.45, 7) is 15.9. The molecule has 1 heterocycles. The van der Waals surface area contributed by atoms with E-state index in [1.165, 1.54) is 11.8 Å². The van der Waals surface area contributed by atoms with Crippen molar-refractivity contribution in [3.63, 3.8) is 0 Å². The van der Waals surface area contributed by atoms with Gasteiger partial charge in [-0.1, -0.05) is 19.1 Å². The number of rotatable bonds is 5. The highest BCUT2D eigenvalue weighted by molar-refractivity contribution is 5.83. The van der Waals surface area contributed by atoms with Gasteiger partial charge in [-0.2, -0.15) is 0 Å². The number of carbonyl (C=O) groups is 3. The van der Waals surface area contributed by atoms with Crippen molar-refractivity contribution in [2.24, 2.45) is 11.7 Å². The molecule has 0 aromatic heterocycles. The highest BCUT2D eigenvalue weighted by atomic mass is 16.6. The summed E-state index contributed by atoms with van der Waals surface area (Å²) >= 11 is 0. The summed E-state index contributed by atoms with van der Waals surface area (Å²) in [5.41, 5.74) is 3.15. The van der Waals surface area contributed by atoms with Crippen LogP contribution in [0.2, 0.25) is 0 Å². The van der Waals surface area contributed by atoms with Crippen LogP contribution in [0.25, 0.3) is 0 Å². The number of aliphatic hydroxyl groups excluding tert-OH is 1. The molecule has 1 rings (SSSR count). The van der Waals surface area contributed by atoms with Gasteiger partial charge in [0.1, 0.15) is 17.2 Å². The van der Waals surface area contributed by atoms with Crippen molar-refractivity contribution >= 4 is 18.0 Å². The van der Waals surface area contributed by atoms with Crippen LogP contribution in [0, 0.1) is 5.92 Å². The molecule has 1 fully saturated rings. The summed E-state index contributed by atoms with van der Waals surface area (Å²) in [4.78, 5) is 36.5. The molecule has 8 heteroatoms. The Balaban J connectivity index is 0.00000206. The third-order valence-corrected chi connectivity index (χ3v) is 4.39. The molecule has 0 aromatic carbocycles. The molecule has 0 aliphatic carbocycles. The summed E-state index contributed by atoms with van der Waals surface area (Å²) in [7, 11) is 0. The summed E-state index contributed by atoms with van der Waals surface area (Å²) in [6, 6.07) is -1.04. The van der Waals surface area contributed by atoms with E-state index in [9.17, 15) is 19.5 Å². The van der Waals surface area contributed by atoms with Crippen LogP contribution in [0.4, 0.5) is 4.79 Å². The van der Waals surface area contributed by atoms with Gasteiger partial charge in [-0.05, 0) is 67.7 Å². The number of hydrogen-bond donors (Lipinski definition) is 2. The number of allylic oxidation sites excluding steroid dienone is 1. The molecule has 0 saturated carbocycles. The molecule has 1 aliphatic heterocycles. The van der Waals surface area contributed by atoms with E-state index in [0.29, 0.717) is 19.3 Å². The molecule has 1 aliphatic rings. The largest absolute Gasteiger partial charge is 0.458 e. The van der Waals surface area contributed by atoms with E-state index in [2.05, 4.69) is 5.73 Å². The van der Waals surface area contributed by atoms with E-state index in [1.54, 1.807) is 41.5 Å². The number of carbonyl (C=O) groups excluding carboxylic acids is 3. The van der Waals surface area contributed by atoms with Gasteiger partial charge in [-0.15, -0.1) is 0 Å². The zero-order valence-corrected chi connectivity index (χ0v) is 20.6. The quantitative estimate of drug-likeness (QED) is 0.496. The summed E-state index contributed by atoms with van der Waals surface area (Å²) < 4.78 is 11.1. The van der Waals surface area contributed by atoms with Crippen molar-refractivity contribution in [2.75, 3.05) is 0 Å². The van der Waals surface area contributed by atoms with E-state index >= 15 is 0 Å². The predicted octanol–water partition coefficient (Wildman–Crippen LogP) is 3.55. The van der Waals surface area contributed by atoms with Gasteiger partial charge in [0.05, 0.1) is 6.10 Å². The van der Waals surface area contributed by atoms with Crippen LogP contribution in [0.3, 0.4) is 0 Å². The van der Waals surface area contributed by atoms with Crippen molar-refractivity contribution in [1.82, 2.24) is 4.90 Å². The predicted molar refractivity (Wildman–Crippen MR) is 120 cm³/mol. The molecule has 0 aromatic rings. The number of nitrogens with zero attached hydrogens (tertiary/aromatic N) is 1. The van der Waals surface area contributed by atoms with E-state index in [4.69, 9.17) is 9.47 Å². The minimum atomic E-state index is -0.727. The number of esters is 1. The maximum Gasteiger partial charge on any atom is 0.411 e. The monoisotopic (exact) mass is 442 g/mol. The second-order valence-corrected chi connectivity index (χ2v) is 9.84. The third kappa shape index (κ3) is 11.2. The molecule has 31 heavy (non-hydrogen) atoms. The van der Waals surface area contributed by atoms with Crippen LogP contribution in [0.1, 0.15) is 81.6 Å². The van der Waals surface area contributed by atoms with Gasteiger partial charge < -0.3 is 20.3 Å². The standard InChI is InChI=1S/C21H37NO5.C2H5NO/c1-9-11-14-12-17(18(24)26-20(3,4)5)22(16(14)13-15(23)10-2)19(25)27-21(6,7)8;1-2(3)4/h9,11,14-17,23H,10,12-13H2,1-8H3;1H3,(H2,3,4)/t14?,15?,16-,17+;/m0./s1. The van der Waals surface area contributed by atoms with Gasteiger partial charge >= 0.3 is 12.1 Å². The van der Waals surface area contributed by atoms with Gasteiger partial charge in [0.25, 0.3) is 0 Å². The van der Waals surface area contributed by atoms with E-state index in [1.807, 2.05) is 26.0 Å². The third-order valence-electron chi connectivity index (χ3n) is 4.39. The Morgan fingerprint density at radius 1 is 1.13 bits per heavy atom. The molecule has 8 nitrogen and oxygen atoms in total. The first kappa shape index (κ1) is 28.9. The number of primary amides is 1. The molecule has 4 atom stereocenters. The van der Waals surface area contributed by atoms with Crippen LogP contribution < -0.4 is 5.73 Å². The van der Waals surface area contributed by atoms with Gasteiger partial charge in [0.2, 0.25) is 5.91 Å². The van der Waals surface area contributed by atoms with Gasteiger partial charge in [-0.3, -0.25) is 9.69 Å². The average molecular weight is 443 g/mol. The molecule has 2 amide bonds. The molecular formula is C23H42N2O6. The Bertz CT molecular complexity index is 629. The second kappa shape index (κ2) is 12.1. The first-order valence-electron chi connectivity index (χ1n) is 10.8. The number of amides is 2. The normalized spacial score (nSPS) is 22.5. The molecule has 0 spiro atoms. The maximum absolute atomic E-state index is 13.0. The fraction of sp³-hybridized carbons (Fsp3) is 0.783. The SMILES string of the molecule is CC(N)=O.CC=CC1C[C@H](C(=O)OC(C)(C)C)N(C(=O)OC(C)(C)C)[C@H]1CC(O)CC. The molecule has 180 valence electrons. The van der Waals surface area contributed by atoms with Crippen LogP contribution in [-0.2, 0) is 19.1 Å². The molecular weight excluding hydrogens is 400 g/mol. The number of nitrogens with two attached hydrogens (primary N) is 1. The lowest BCUT2D eigenvalue weighted by atomic mass is 9.93. The van der Waals surface area contributed by atoms with E-state index in [0.717, 1.165) is 0 Å². The van der Waals surface area contributed by atoms with Gasteiger partial charge in [0, 0.05) is 18.9 Å². The first-order valence-corrected chi connectivity index (χ1v) is 10.8. The lowest BCUT2D eigenvalue weighted by Crippen LogP contribution is -2.50. The molecule has 3 N–H and O–H groups in total.